The molecule has 0 spiro atoms. The Balaban J connectivity index is 1.91. The molecule has 4 nitrogen and oxygen atoms in total. The van der Waals surface area contributed by atoms with E-state index < -0.39 is 0 Å². The molecule has 0 atom stereocenters. The fourth-order valence-corrected chi connectivity index (χ4v) is 3.11. The third kappa shape index (κ3) is 4.12. The zero-order valence-electron chi connectivity index (χ0n) is 10.1. The molecule has 2 rings (SSSR count). The van der Waals surface area contributed by atoms with E-state index in [-0.39, 0.29) is 11.7 Å². The van der Waals surface area contributed by atoms with Crippen molar-refractivity contribution in [3.63, 3.8) is 0 Å². The number of carbonyl (C=O) groups excluding carboxylic acids is 1. The largest absolute Gasteiger partial charge is 0.399 e. The summed E-state index contributed by atoms with van der Waals surface area (Å²) in [6.45, 7) is 1.88. The normalized spacial score (nSPS) is 10.4. The summed E-state index contributed by atoms with van der Waals surface area (Å²) in [6, 6.07) is 5.21. The minimum absolute atomic E-state index is 0.113. The molecule has 1 amide bonds. The van der Waals surface area contributed by atoms with E-state index in [0.29, 0.717) is 15.8 Å². The number of thiazole rings is 1. The summed E-state index contributed by atoms with van der Waals surface area (Å²) < 4.78 is 0. The quantitative estimate of drug-likeness (QED) is 0.670. The number of benzene rings is 1. The van der Waals surface area contributed by atoms with Gasteiger partial charge in [0.25, 0.3) is 0 Å². The van der Waals surface area contributed by atoms with E-state index in [1.807, 2.05) is 12.3 Å². The molecule has 0 bridgehead atoms. The van der Waals surface area contributed by atoms with E-state index in [1.54, 1.807) is 18.2 Å². The second-order valence-corrected chi connectivity index (χ2v) is 6.10. The summed E-state index contributed by atoms with van der Waals surface area (Å²) in [4.78, 5) is 16.7. The number of nitrogens with zero attached hydrogens (tertiary/aromatic N) is 1. The van der Waals surface area contributed by atoms with Gasteiger partial charge in [0.2, 0.25) is 5.91 Å². The Morgan fingerprint density at radius 1 is 1.58 bits per heavy atom. The van der Waals surface area contributed by atoms with Crippen LogP contribution in [0, 0.1) is 6.92 Å². The Labute approximate surface area is 124 Å². The lowest BCUT2D eigenvalue weighted by atomic mass is 10.3. The molecule has 0 aliphatic rings. The van der Waals surface area contributed by atoms with Gasteiger partial charge in [-0.15, -0.1) is 23.1 Å². The third-order valence-electron chi connectivity index (χ3n) is 2.18. The minimum atomic E-state index is -0.113. The van der Waals surface area contributed by atoms with Crippen molar-refractivity contribution < 1.29 is 4.79 Å². The number of carbonyl (C=O) groups is 1. The minimum Gasteiger partial charge on any atom is -0.399 e. The van der Waals surface area contributed by atoms with E-state index in [9.17, 15) is 4.79 Å². The van der Waals surface area contributed by atoms with Crippen LogP contribution in [0.4, 0.5) is 10.8 Å². The van der Waals surface area contributed by atoms with Crippen molar-refractivity contribution in [2.45, 2.75) is 11.8 Å². The van der Waals surface area contributed by atoms with Crippen molar-refractivity contribution >= 4 is 51.4 Å². The lowest BCUT2D eigenvalue weighted by Gasteiger charge is -2.05. The van der Waals surface area contributed by atoms with E-state index in [1.165, 1.54) is 23.1 Å². The highest BCUT2D eigenvalue weighted by atomic mass is 35.5. The summed E-state index contributed by atoms with van der Waals surface area (Å²) in [6.07, 6.45) is 0. The van der Waals surface area contributed by atoms with E-state index in [4.69, 9.17) is 17.3 Å². The van der Waals surface area contributed by atoms with Gasteiger partial charge in [-0.2, -0.15) is 0 Å². The summed E-state index contributed by atoms with van der Waals surface area (Å²) in [5.41, 5.74) is 7.20. The molecule has 0 saturated heterocycles. The van der Waals surface area contributed by atoms with Crippen LogP contribution in [0.25, 0.3) is 0 Å². The highest BCUT2D eigenvalue weighted by molar-refractivity contribution is 8.00. The number of nitrogens with one attached hydrogen (secondary N) is 1. The highest BCUT2D eigenvalue weighted by Crippen LogP contribution is 2.29. The number of hydrogen-bond donors (Lipinski definition) is 2. The Bertz CT molecular complexity index is 600. The van der Waals surface area contributed by atoms with E-state index >= 15 is 0 Å². The van der Waals surface area contributed by atoms with Crippen molar-refractivity contribution in [1.82, 2.24) is 4.98 Å². The second-order valence-electron chi connectivity index (χ2n) is 3.82. The van der Waals surface area contributed by atoms with Crippen LogP contribution >= 0.6 is 34.7 Å². The van der Waals surface area contributed by atoms with Gasteiger partial charge in [0.05, 0.1) is 16.5 Å². The number of hydrogen-bond acceptors (Lipinski definition) is 5. The van der Waals surface area contributed by atoms with Gasteiger partial charge < -0.3 is 11.1 Å². The van der Waals surface area contributed by atoms with Gasteiger partial charge in [0.1, 0.15) is 0 Å². The fraction of sp³-hybridized carbons (Fsp3) is 0.167. The summed E-state index contributed by atoms with van der Waals surface area (Å²) >= 11 is 8.78. The smallest absolute Gasteiger partial charge is 0.236 e. The molecule has 0 unspecified atom stereocenters. The first kappa shape index (κ1) is 14.2. The van der Waals surface area contributed by atoms with Crippen LogP contribution < -0.4 is 11.1 Å². The second kappa shape index (κ2) is 6.27. The number of halogens is 1. The number of nitrogen functional groups attached to an aromatic ring is 1. The van der Waals surface area contributed by atoms with Crippen LogP contribution in [-0.4, -0.2) is 16.6 Å². The Hall–Kier alpha value is -1.24. The van der Waals surface area contributed by atoms with Crippen LogP contribution in [0.2, 0.25) is 5.02 Å². The lowest BCUT2D eigenvalue weighted by molar-refractivity contribution is -0.113. The number of rotatable bonds is 4. The lowest BCUT2D eigenvalue weighted by Crippen LogP contribution is -2.13. The Morgan fingerprint density at radius 3 is 3.05 bits per heavy atom. The van der Waals surface area contributed by atoms with Gasteiger partial charge in [0, 0.05) is 16.0 Å². The number of nitrogens with two attached hydrogens (primary N) is 1. The first-order chi connectivity index (χ1) is 9.04. The molecule has 1 aromatic heterocycles. The number of thioether (sulfide) groups is 1. The number of amides is 1. The van der Waals surface area contributed by atoms with Crippen molar-refractivity contribution in [1.29, 1.82) is 0 Å². The molecule has 3 N–H and O–H groups in total. The Morgan fingerprint density at radius 2 is 2.37 bits per heavy atom. The molecular weight excluding hydrogens is 302 g/mol. The van der Waals surface area contributed by atoms with Gasteiger partial charge in [-0.25, -0.2) is 4.98 Å². The topological polar surface area (TPSA) is 68.0 Å². The van der Waals surface area contributed by atoms with Crippen molar-refractivity contribution in [3.8, 4) is 0 Å². The van der Waals surface area contributed by atoms with Crippen molar-refractivity contribution in [2.24, 2.45) is 0 Å². The maximum Gasteiger partial charge on any atom is 0.236 e. The SMILES string of the molecule is Cc1csc(NC(=O)CSc2cc(N)ccc2Cl)n1. The highest BCUT2D eigenvalue weighted by Gasteiger charge is 2.08. The van der Waals surface area contributed by atoms with Crippen LogP contribution in [0.5, 0.6) is 0 Å². The molecule has 0 saturated carbocycles. The Kier molecular flexibility index (Phi) is 4.68. The molecule has 0 fully saturated rings. The molecule has 7 heteroatoms. The van der Waals surface area contributed by atoms with Gasteiger partial charge >= 0.3 is 0 Å². The predicted molar refractivity (Wildman–Crippen MR) is 82.1 cm³/mol. The molecule has 0 aliphatic carbocycles. The zero-order valence-corrected chi connectivity index (χ0v) is 12.5. The standard InChI is InChI=1S/C12H12ClN3OS2/c1-7-5-19-12(15-7)16-11(17)6-18-10-4-8(14)2-3-9(10)13/h2-5H,6,14H2,1H3,(H,15,16,17). The van der Waals surface area contributed by atoms with Gasteiger partial charge in [0.15, 0.2) is 5.13 Å². The van der Waals surface area contributed by atoms with Gasteiger partial charge in [-0.05, 0) is 25.1 Å². The third-order valence-corrected chi connectivity index (χ3v) is 4.55. The predicted octanol–water partition coefficient (Wildman–Crippen LogP) is 3.42. The number of anilines is 2. The summed E-state index contributed by atoms with van der Waals surface area (Å²) in [7, 11) is 0. The molecule has 19 heavy (non-hydrogen) atoms. The maximum absolute atomic E-state index is 11.8. The van der Waals surface area contributed by atoms with Crippen LogP contribution in [0.1, 0.15) is 5.69 Å². The van der Waals surface area contributed by atoms with Crippen LogP contribution in [0.15, 0.2) is 28.5 Å². The number of aryl methyl sites for hydroxylation is 1. The molecule has 2 aromatic rings. The molecule has 1 aromatic carbocycles. The summed E-state index contributed by atoms with van der Waals surface area (Å²) in [5.74, 6) is 0.153. The van der Waals surface area contributed by atoms with Gasteiger partial charge in [-0.3, -0.25) is 4.79 Å². The molecule has 100 valence electrons. The first-order valence-electron chi connectivity index (χ1n) is 5.44. The van der Waals surface area contributed by atoms with Crippen molar-refractivity contribution in [3.05, 3.63) is 34.3 Å². The summed E-state index contributed by atoms with van der Waals surface area (Å²) in [5, 5.41) is 5.83. The maximum atomic E-state index is 11.8. The fourth-order valence-electron chi connectivity index (χ4n) is 1.34. The average molecular weight is 314 g/mol. The first-order valence-corrected chi connectivity index (χ1v) is 7.69. The van der Waals surface area contributed by atoms with E-state index in [0.717, 1.165) is 10.6 Å². The molecular formula is C12H12ClN3OS2. The van der Waals surface area contributed by atoms with Gasteiger partial charge in [-0.1, -0.05) is 11.6 Å². The monoisotopic (exact) mass is 313 g/mol. The number of aromatic nitrogens is 1. The van der Waals surface area contributed by atoms with E-state index in [2.05, 4.69) is 10.3 Å². The molecule has 0 aliphatic heterocycles. The molecule has 1 heterocycles. The average Bonchev–Trinajstić information content (AvgIpc) is 2.76. The van der Waals surface area contributed by atoms with Crippen LogP contribution in [0.3, 0.4) is 0 Å². The zero-order chi connectivity index (χ0) is 13.8. The molecule has 0 radical (unpaired) electrons. The van der Waals surface area contributed by atoms with Crippen LogP contribution in [-0.2, 0) is 4.79 Å². The van der Waals surface area contributed by atoms with Crippen molar-refractivity contribution in [2.75, 3.05) is 16.8 Å².